The highest BCUT2D eigenvalue weighted by molar-refractivity contribution is 7.98. The van der Waals surface area contributed by atoms with Crippen LogP contribution in [-0.4, -0.2) is 39.8 Å². The van der Waals surface area contributed by atoms with Crippen molar-refractivity contribution < 1.29 is 17.9 Å². The minimum absolute atomic E-state index is 0.134. The van der Waals surface area contributed by atoms with Gasteiger partial charge in [0, 0.05) is 4.90 Å². The molecule has 0 heterocycles. The molecule has 1 N–H and O–H groups in total. The number of aryl methyl sites for hydroxylation is 2. The van der Waals surface area contributed by atoms with Gasteiger partial charge >= 0.3 is 0 Å². The zero-order valence-electron chi connectivity index (χ0n) is 19.8. The molecule has 0 aliphatic rings. The second kappa shape index (κ2) is 11.4. The van der Waals surface area contributed by atoms with Crippen molar-refractivity contribution in [1.82, 2.24) is 5.32 Å². The summed E-state index contributed by atoms with van der Waals surface area (Å²) in [5, 5.41) is 2.84. The molecular weight excluding hydrogens is 468 g/mol. The average Bonchev–Trinajstić information content (AvgIpc) is 2.83. The molecule has 0 aliphatic heterocycles. The van der Waals surface area contributed by atoms with E-state index in [9.17, 15) is 13.2 Å². The van der Waals surface area contributed by atoms with Crippen LogP contribution >= 0.6 is 11.8 Å². The molecule has 0 saturated heterocycles. The predicted molar refractivity (Wildman–Crippen MR) is 138 cm³/mol. The lowest BCUT2D eigenvalue weighted by Crippen LogP contribution is -2.45. The van der Waals surface area contributed by atoms with Crippen molar-refractivity contribution in [3.8, 4) is 5.75 Å². The van der Waals surface area contributed by atoms with Crippen LogP contribution in [0.1, 0.15) is 18.1 Å². The SMILES string of the molecule is CSc1ccc(S(=O)(=O)N(CC(=O)NC(C)COc2ccc(C)cc2)c2ccc(C)cc2)cc1. The molecular formula is C26H30N2O4S2. The molecule has 3 rings (SSSR count). The first-order valence-electron chi connectivity index (χ1n) is 10.9. The van der Waals surface area contributed by atoms with Gasteiger partial charge in [0.1, 0.15) is 18.9 Å². The molecule has 0 aliphatic carbocycles. The Morgan fingerprint density at radius 3 is 2.06 bits per heavy atom. The fraction of sp³-hybridized carbons (Fsp3) is 0.269. The molecule has 0 aromatic heterocycles. The number of amides is 1. The topological polar surface area (TPSA) is 75.7 Å². The highest BCUT2D eigenvalue weighted by Crippen LogP contribution is 2.25. The standard InChI is InChI=1S/C26H30N2O4S2/c1-19-5-9-22(10-6-19)28(34(30,31)25-15-13-24(33-4)14-16-25)17-26(29)27-21(3)18-32-23-11-7-20(2)8-12-23/h5-16,21H,17-18H2,1-4H3,(H,27,29). The lowest BCUT2D eigenvalue weighted by Gasteiger charge is -2.25. The molecule has 0 fully saturated rings. The van der Waals surface area contributed by atoms with E-state index in [0.717, 1.165) is 20.3 Å². The summed E-state index contributed by atoms with van der Waals surface area (Å²) in [6.07, 6.45) is 1.93. The van der Waals surface area contributed by atoms with Crippen LogP contribution < -0.4 is 14.4 Å². The molecule has 0 spiro atoms. The summed E-state index contributed by atoms with van der Waals surface area (Å²) in [6.45, 7) is 5.66. The summed E-state index contributed by atoms with van der Waals surface area (Å²) in [7, 11) is -3.95. The number of rotatable bonds is 10. The molecule has 1 unspecified atom stereocenters. The third-order valence-electron chi connectivity index (χ3n) is 5.18. The third-order valence-corrected chi connectivity index (χ3v) is 7.72. The van der Waals surface area contributed by atoms with Gasteiger partial charge in [0.25, 0.3) is 10.0 Å². The Bertz CT molecular complexity index is 1190. The molecule has 6 nitrogen and oxygen atoms in total. The van der Waals surface area contributed by atoms with Crippen LogP contribution in [0, 0.1) is 13.8 Å². The van der Waals surface area contributed by atoms with Crippen LogP contribution in [0.4, 0.5) is 5.69 Å². The van der Waals surface area contributed by atoms with Crippen molar-refractivity contribution in [2.24, 2.45) is 0 Å². The number of ether oxygens (including phenoxy) is 1. The minimum atomic E-state index is -3.95. The smallest absolute Gasteiger partial charge is 0.264 e. The van der Waals surface area contributed by atoms with Crippen molar-refractivity contribution in [3.05, 3.63) is 83.9 Å². The van der Waals surface area contributed by atoms with E-state index < -0.39 is 15.9 Å². The summed E-state index contributed by atoms with van der Waals surface area (Å²) in [6, 6.07) is 21.1. The van der Waals surface area contributed by atoms with E-state index in [4.69, 9.17) is 4.74 Å². The largest absolute Gasteiger partial charge is 0.491 e. The predicted octanol–water partition coefficient (Wildman–Crippen LogP) is 4.80. The quantitative estimate of drug-likeness (QED) is 0.406. The number of hydrogen-bond donors (Lipinski definition) is 1. The zero-order chi connectivity index (χ0) is 24.7. The first kappa shape index (κ1) is 25.6. The third kappa shape index (κ3) is 6.77. The van der Waals surface area contributed by atoms with Gasteiger partial charge in [0.05, 0.1) is 16.6 Å². The van der Waals surface area contributed by atoms with Gasteiger partial charge in [0.15, 0.2) is 0 Å². The van der Waals surface area contributed by atoms with E-state index in [1.807, 2.05) is 63.4 Å². The molecule has 3 aromatic rings. The Morgan fingerprint density at radius 1 is 0.941 bits per heavy atom. The van der Waals surface area contributed by atoms with E-state index in [-0.39, 0.29) is 24.1 Å². The number of anilines is 1. The molecule has 0 bridgehead atoms. The van der Waals surface area contributed by atoms with E-state index in [1.54, 1.807) is 36.4 Å². The van der Waals surface area contributed by atoms with Gasteiger partial charge in [-0.25, -0.2) is 8.42 Å². The van der Waals surface area contributed by atoms with Crippen LogP contribution in [0.25, 0.3) is 0 Å². The molecule has 34 heavy (non-hydrogen) atoms. The fourth-order valence-corrected chi connectivity index (χ4v) is 5.08. The van der Waals surface area contributed by atoms with Crippen LogP contribution in [0.5, 0.6) is 5.75 Å². The van der Waals surface area contributed by atoms with Crippen molar-refractivity contribution in [2.75, 3.05) is 23.7 Å². The number of hydrogen-bond acceptors (Lipinski definition) is 5. The Balaban J connectivity index is 1.74. The number of sulfonamides is 1. The van der Waals surface area contributed by atoms with Crippen LogP contribution in [0.3, 0.4) is 0 Å². The van der Waals surface area contributed by atoms with Crippen molar-refractivity contribution in [1.29, 1.82) is 0 Å². The Hall–Kier alpha value is -2.97. The number of nitrogens with zero attached hydrogens (tertiary/aromatic N) is 1. The molecule has 180 valence electrons. The van der Waals surface area contributed by atoms with Crippen molar-refractivity contribution in [3.63, 3.8) is 0 Å². The monoisotopic (exact) mass is 498 g/mol. The van der Waals surface area contributed by atoms with Crippen molar-refractivity contribution in [2.45, 2.75) is 36.6 Å². The lowest BCUT2D eigenvalue weighted by molar-refractivity contribution is -0.120. The summed E-state index contributed by atoms with van der Waals surface area (Å²) < 4.78 is 33.9. The van der Waals surface area contributed by atoms with Gasteiger partial charge in [0.2, 0.25) is 5.91 Å². The van der Waals surface area contributed by atoms with Gasteiger partial charge in [-0.05, 0) is 75.6 Å². The molecule has 1 atom stereocenters. The minimum Gasteiger partial charge on any atom is -0.491 e. The Kier molecular flexibility index (Phi) is 8.63. The summed E-state index contributed by atoms with van der Waals surface area (Å²) in [5.74, 6) is 0.300. The maximum Gasteiger partial charge on any atom is 0.264 e. The van der Waals surface area contributed by atoms with Crippen LogP contribution in [0.2, 0.25) is 0 Å². The van der Waals surface area contributed by atoms with E-state index in [0.29, 0.717) is 11.4 Å². The number of carbonyl (C=O) groups excluding carboxylic acids is 1. The molecule has 8 heteroatoms. The number of benzene rings is 3. The second-order valence-electron chi connectivity index (χ2n) is 8.12. The normalized spacial score (nSPS) is 12.1. The van der Waals surface area contributed by atoms with Crippen LogP contribution in [-0.2, 0) is 14.8 Å². The first-order valence-corrected chi connectivity index (χ1v) is 13.6. The highest BCUT2D eigenvalue weighted by Gasteiger charge is 2.27. The molecule has 1 amide bonds. The zero-order valence-corrected chi connectivity index (χ0v) is 21.4. The van der Waals surface area contributed by atoms with Gasteiger partial charge in [-0.2, -0.15) is 0 Å². The van der Waals surface area contributed by atoms with Gasteiger partial charge < -0.3 is 10.1 Å². The number of carbonyl (C=O) groups is 1. The van der Waals surface area contributed by atoms with E-state index >= 15 is 0 Å². The lowest BCUT2D eigenvalue weighted by atomic mass is 10.2. The summed E-state index contributed by atoms with van der Waals surface area (Å²) in [5.41, 5.74) is 2.56. The van der Waals surface area contributed by atoms with E-state index in [2.05, 4.69) is 5.32 Å². The second-order valence-corrected chi connectivity index (χ2v) is 10.9. The Morgan fingerprint density at radius 2 is 1.50 bits per heavy atom. The number of thioether (sulfide) groups is 1. The summed E-state index contributed by atoms with van der Waals surface area (Å²) >= 11 is 1.53. The molecule has 0 radical (unpaired) electrons. The van der Waals surface area contributed by atoms with Gasteiger partial charge in [-0.15, -0.1) is 11.8 Å². The molecule has 3 aromatic carbocycles. The maximum atomic E-state index is 13.5. The summed E-state index contributed by atoms with van der Waals surface area (Å²) in [4.78, 5) is 14.0. The number of nitrogens with one attached hydrogen (secondary N) is 1. The Labute approximate surface area is 206 Å². The van der Waals surface area contributed by atoms with E-state index in [1.165, 1.54) is 11.8 Å². The average molecular weight is 499 g/mol. The molecule has 0 saturated carbocycles. The first-order chi connectivity index (χ1) is 16.2. The van der Waals surface area contributed by atoms with Crippen molar-refractivity contribution >= 4 is 33.4 Å². The maximum absolute atomic E-state index is 13.5. The fourth-order valence-electron chi connectivity index (χ4n) is 3.25. The van der Waals surface area contributed by atoms with Crippen LogP contribution in [0.15, 0.2) is 82.6 Å². The highest BCUT2D eigenvalue weighted by atomic mass is 32.2. The van der Waals surface area contributed by atoms with Gasteiger partial charge in [-0.1, -0.05) is 35.4 Å². The van der Waals surface area contributed by atoms with Gasteiger partial charge in [-0.3, -0.25) is 9.10 Å².